The summed E-state index contributed by atoms with van der Waals surface area (Å²) in [5.41, 5.74) is -0.945. The van der Waals surface area contributed by atoms with E-state index in [-0.39, 0.29) is 21.5 Å². The molecule has 0 fully saturated rings. The van der Waals surface area contributed by atoms with Crippen molar-refractivity contribution in [3.05, 3.63) is 70.5 Å². The number of carbonyl (C=O) groups is 2. The lowest BCUT2D eigenvalue weighted by molar-refractivity contribution is 0.0695. The first kappa shape index (κ1) is 18.3. The summed E-state index contributed by atoms with van der Waals surface area (Å²) in [6.07, 6.45) is 0.922. The summed E-state index contributed by atoms with van der Waals surface area (Å²) in [7, 11) is -3.96. The van der Waals surface area contributed by atoms with Gasteiger partial charge in [0.15, 0.2) is 0 Å². The van der Waals surface area contributed by atoms with Crippen molar-refractivity contribution in [2.75, 3.05) is 5.32 Å². The highest BCUT2D eigenvalue weighted by atomic mass is 32.2. The lowest BCUT2D eigenvalue weighted by atomic mass is 10.1. The van der Waals surface area contributed by atoms with Crippen molar-refractivity contribution in [1.82, 2.24) is 4.57 Å². The summed E-state index contributed by atoms with van der Waals surface area (Å²) in [6.45, 7) is 0. The zero-order valence-electron chi connectivity index (χ0n) is 13.6. The predicted octanol–water partition coefficient (Wildman–Crippen LogP) is 1.43. The number of anilines is 1. The number of benzene rings is 2. The fourth-order valence-corrected chi connectivity index (χ4v) is 3.09. The second-order valence-corrected chi connectivity index (χ2v) is 7.13. The number of amides is 1. The molecule has 138 valence electrons. The number of carboxylic acid groups (broad SMARTS) is 1. The zero-order valence-corrected chi connectivity index (χ0v) is 14.4. The van der Waals surface area contributed by atoms with Crippen molar-refractivity contribution in [3.8, 4) is 0 Å². The Kier molecular flexibility index (Phi) is 4.52. The number of nitrogens with one attached hydrogen (secondary N) is 1. The van der Waals surface area contributed by atoms with E-state index in [1.807, 2.05) is 0 Å². The molecule has 0 bridgehead atoms. The zero-order chi connectivity index (χ0) is 19.8. The molecule has 0 saturated carbocycles. The number of hydrogen-bond donors (Lipinski definition) is 3. The molecule has 0 aliphatic carbocycles. The van der Waals surface area contributed by atoms with Gasteiger partial charge in [-0.25, -0.2) is 23.1 Å². The summed E-state index contributed by atoms with van der Waals surface area (Å²) in [5, 5.41) is 16.8. The maximum Gasteiger partial charge on any atom is 0.341 e. The maximum atomic E-state index is 12.7. The number of hydrogen-bond acceptors (Lipinski definition) is 5. The number of primary sulfonamides is 1. The van der Waals surface area contributed by atoms with Crippen LogP contribution in [0.15, 0.2) is 64.4 Å². The van der Waals surface area contributed by atoms with Crippen LogP contribution in [-0.4, -0.2) is 30.1 Å². The first-order valence-corrected chi connectivity index (χ1v) is 9.05. The Hall–Kier alpha value is -3.50. The van der Waals surface area contributed by atoms with Crippen molar-refractivity contribution in [2.45, 2.75) is 4.90 Å². The van der Waals surface area contributed by atoms with Crippen molar-refractivity contribution in [2.24, 2.45) is 5.14 Å². The first-order chi connectivity index (χ1) is 12.7. The van der Waals surface area contributed by atoms with Gasteiger partial charge in [0, 0.05) is 17.3 Å². The lowest BCUT2D eigenvalue weighted by Gasteiger charge is -2.12. The molecule has 0 spiro atoms. The van der Waals surface area contributed by atoms with Gasteiger partial charge in [0.25, 0.3) is 0 Å². The molecule has 4 N–H and O–H groups in total. The lowest BCUT2D eigenvalue weighted by Crippen LogP contribution is -2.25. The van der Waals surface area contributed by atoms with E-state index in [4.69, 9.17) is 5.14 Å². The van der Waals surface area contributed by atoms with Crippen LogP contribution in [0.5, 0.6) is 0 Å². The van der Waals surface area contributed by atoms with E-state index in [0.29, 0.717) is 0 Å². The average molecular weight is 387 g/mol. The molecule has 10 heteroatoms. The smallest absolute Gasteiger partial charge is 0.341 e. The molecule has 3 rings (SSSR count). The van der Waals surface area contributed by atoms with Crippen molar-refractivity contribution < 1.29 is 23.1 Å². The Balaban J connectivity index is 2.10. The number of carbonyl (C=O) groups excluding carboxylic acids is 1. The third-order valence-corrected chi connectivity index (χ3v) is 4.69. The number of pyridine rings is 1. The van der Waals surface area contributed by atoms with Gasteiger partial charge in [0.2, 0.25) is 15.5 Å². The molecular weight excluding hydrogens is 374 g/mol. The number of rotatable bonds is 3. The quantitative estimate of drug-likeness (QED) is 0.619. The SMILES string of the molecule is NS(=O)(=O)c1cccc(NC(=O)n2cc(C(=O)O)c(=O)c3ccccc32)c1. The molecule has 0 unspecified atom stereocenters. The van der Waals surface area contributed by atoms with Crippen LogP contribution in [0.25, 0.3) is 10.9 Å². The molecule has 27 heavy (non-hydrogen) atoms. The number of aromatic nitrogens is 1. The third-order valence-electron chi connectivity index (χ3n) is 3.77. The summed E-state index contributed by atoms with van der Waals surface area (Å²) in [6, 6.07) is 10.5. The van der Waals surface area contributed by atoms with Gasteiger partial charge >= 0.3 is 12.0 Å². The van der Waals surface area contributed by atoms with Gasteiger partial charge in [0.1, 0.15) is 5.56 Å². The van der Waals surface area contributed by atoms with Crippen LogP contribution >= 0.6 is 0 Å². The van der Waals surface area contributed by atoms with E-state index in [9.17, 15) is 27.9 Å². The Morgan fingerprint density at radius 2 is 1.78 bits per heavy atom. The van der Waals surface area contributed by atoms with E-state index < -0.39 is 33.0 Å². The molecule has 9 nitrogen and oxygen atoms in total. The molecular formula is C17H13N3O6S. The highest BCUT2D eigenvalue weighted by molar-refractivity contribution is 7.89. The van der Waals surface area contributed by atoms with Crippen LogP contribution in [-0.2, 0) is 10.0 Å². The third kappa shape index (κ3) is 3.57. The molecule has 0 saturated heterocycles. The number of nitrogens with zero attached hydrogens (tertiary/aromatic N) is 1. The fraction of sp³-hybridized carbons (Fsp3) is 0. The van der Waals surface area contributed by atoms with E-state index in [2.05, 4.69) is 5.32 Å². The normalized spacial score (nSPS) is 11.3. The van der Waals surface area contributed by atoms with Gasteiger partial charge in [-0.2, -0.15) is 0 Å². The Bertz CT molecular complexity index is 1250. The summed E-state index contributed by atoms with van der Waals surface area (Å²) < 4.78 is 23.8. The van der Waals surface area contributed by atoms with Gasteiger partial charge in [-0.1, -0.05) is 18.2 Å². The van der Waals surface area contributed by atoms with Gasteiger partial charge in [-0.05, 0) is 30.3 Å². The van der Waals surface area contributed by atoms with Gasteiger partial charge in [-0.3, -0.25) is 9.36 Å². The molecule has 3 aromatic rings. The average Bonchev–Trinajstić information content (AvgIpc) is 2.61. The molecule has 1 heterocycles. The molecule has 0 aliphatic rings. The number of sulfonamides is 1. The van der Waals surface area contributed by atoms with Crippen molar-refractivity contribution in [3.63, 3.8) is 0 Å². The standard InChI is InChI=1S/C17H13N3O6S/c18-27(25,26)11-5-3-4-10(8-11)19-17(24)20-9-13(16(22)23)15(21)12-6-1-2-7-14(12)20/h1-9H,(H,19,24)(H,22,23)(H2,18,25,26). The maximum absolute atomic E-state index is 12.7. The van der Waals surface area contributed by atoms with Crippen LogP contribution in [0.3, 0.4) is 0 Å². The minimum absolute atomic E-state index is 0.0610. The highest BCUT2D eigenvalue weighted by Crippen LogP contribution is 2.16. The minimum atomic E-state index is -3.96. The predicted molar refractivity (Wildman–Crippen MR) is 97.4 cm³/mol. The summed E-state index contributed by atoms with van der Waals surface area (Å²) >= 11 is 0. The molecule has 1 amide bonds. The Morgan fingerprint density at radius 1 is 1.07 bits per heavy atom. The minimum Gasteiger partial charge on any atom is -0.477 e. The topological polar surface area (TPSA) is 149 Å². The fourth-order valence-electron chi connectivity index (χ4n) is 2.53. The van der Waals surface area contributed by atoms with Crippen LogP contribution < -0.4 is 15.9 Å². The van der Waals surface area contributed by atoms with Crippen LogP contribution in [0.2, 0.25) is 0 Å². The van der Waals surface area contributed by atoms with Crippen LogP contribution in [0, 0.1) is 0 Å². The number of fused-ring (bicyclic) bond motifs is 1. The Labute approximate surface area is 152 Å². The Morgan fingerprint density at radius 3 is 2.44 bits per heavy atom. The number of para-hydroxylation sites is 1. The van der Waals surface area contributed by atoms with E-state index in [1.165, 1.54) is 30.3 Å². The molecule has 1 aromatic heterocycles. The van der Waals surface area contributed by atoms with E-state index >= 15 is 0 Å². The van der Waals surface area contributed by atoms with E-state index in [0.717, 1.165) is 16.8 Å². The summed E-state index contributed by atoms with van der Waals surface area (Å²) in [4.78, 5) is 36.0. The van der Waals surface area contributed by atoms with E-state index in [1.54, 1.807) is 12.1 Å². The second-order valence-electron chi connectivity index (χ2n) is 5.57. The summed E-state index contributed by atoms with van der Waals surface area (Å²) in [5.74, 6) is -1.47. The van der Waals surface area contributed by atoms with Crippen molar-refractivity contribution in [1.29, 1.82) is 0 Å². The largest absolute Gasteiger partial charge is 0.477 e. The number of nitrogens with two attached hydrogens (primary N) is 1. The number of carboxylic acids is 1. The molecule has 0 atom stereocenters. The molecule has 0 aliphatic heterocycles. The highest BCUT2D eigenvalue weighted by Gasteiger charge is 2.18. The van der Waals surface area contributed by atoms with Crippen molar-refractivity contribution >= 4 is 38.6 Å². The van der Waals surface area contributed by atoms with Gasteiger partial charge < -0.3 is 10.4 Å². The van der Waals surface area contributed by atoms with Crippen LogP contribution in [0.1, 0.15) is 10.4 Å². The second kappa shape index (κ2) is 6.67. The van der Waals surface area contributed by atoms with Crippen LogP contribution in [0.4, 0.5) is 10.5 Å². The monoisotopic (exact) mass is 387 g/mol. The molecule has 0 radical (unpaired) electrons. The van der Waals surface area contributed by atoms with Gasteiger partial charge in [-0.15, -0.1) is 0 Å². The molecule has 2 aromatic carbocycles. The van der Waals surface area contributed by atoms with Gasteiger partial charge in [0.05, 0.1) is 10.4 Å². The number of aromatic carboxylic acids is 1. The first-order valence-electron chi connectivity index (χ1n) is 7.50.